The lowest BCUT2D eigenvalue weighted by Gasteiger charge is -2.34. The van der Waals surface area contributed by atoms with Gasteiger partial charge in [-0.15, -0.1) is 0 Å². The van der Waals surface area contributed by atoms with Gasteiger partial charge in [0.05, 0.1) is 29.4 Å². The molecule has 1 aliphatic rings. The van der Waals surface area contributed by atoms with Crippen LogP contribution in [0.3, 0.4) is 0 Å². The van der Waals surface area contributed by atoms with Gasteiger partial charge in [0.1, 0.15) is 23.6 Å². The van der Waals surface area contributed by atoms with Crippen molar-refractivity contribution in [2.45, 2.75) is 19.4 Å². The maximum Gasteiger partial charge on any atom is 0.261 e. The molecule has 5 aromatic rings. The number of pyridine rings is 1. The number of H-pyrrole nitrogens is 2. The van der Waals surface area contributed by atoms with Crippen LogP contribution in [0.2, 0.25) is 0 Å². The molecule has 2 aromatic heterocycles. The first kappa shape index (κ1) is 28.8. The van der Waals surface area contributed by atoms with Gasteiger partial charge in [-0.25, -0.2) is 9.29 Å². The Morgan fingerprint density at radius 1 is 1.02 bits per heavy atom. The number of para-hydroxylation sites is 1. The molecule has 10 nitrogen and oxygen atoms in total. The number of nitrogens with zero attached hydrogens (tertiary/aromatic N) is 3. The number of nitrogens with one attached hydrogen (secondary N) is 3. The van der Waals surface area contributed by atoms with Crippen LogP contribution in [0.15, 0.2) is 89.9 Å². The molecule has 0 radical (unpaired) electrons. The Morgan fingerprint density at radius 3 is 2.51 bits per heavy atom. The zero-order valence-corrected chi connectivity index (χ0v) is 24.6. The third-order valence-corrected chi connectivity index (χ3v) is 8.18. The van der Waals surface area contributed by atoms with Crippen LogP contribution in [-0.4, -0.2) is 63.2 Å². The molecule has 6 rings (SSSR count). The van der Waals surface area contributed by atoms with E-state index in [-0.39, 0.29) is 18.2 Å². The molecule has 3 heterocycles. The Morgan fingerprint density at radius 2 is 1.77 bits per heavy atom. The van der Waals surface area contributed by atoms with Crippen molar-refractivity contribution in [3.63, 3.8) is 0 Å². The quantitative estimate of drug-likeness (QED) is 0.0726. The van der Waals surface area contributed by atoms with Gasteiger partial charge < -0.3 is 30.2 Å². The molecule has 222 valence electrons. The van der Waals surface area contributed by atoms with E-state index in [9.17, 15) is 9.90 Å². The van der Waals surface area contributed by atoms with Crippen LogP contribution >= 0.6 is 12.2 Å². The van der Waals surface area contributed by atoms with Gasteiger partial charge in [-0.3, -0.25) is 4.79 Å². The molecule has 0 unspecified atom stereocenters. The zero-order chi connectivity index (χ0) is 29.6. The Balaban J connectivity index is 1.16. The van der Waals surface area contributed by atoms with Crippen molar-refractivity contribution in [2.24, 2.45) is 0 Å². The lowest BCUT2D eigenvalue weighted by Crippen LogP contribution is -2.43. The molecule has 0 amide bonds. The van der Waals surface area contributed by atoms with Crippen LogP contribution in [0, 0.1) is 6.92 Å². The minimum atomic E-state index is -0.271. The summed E-state index contributed by atoms with van der Waals surface area (Å²) in [6, 6.07) is 25.2. The molecule has 4 N–H and O–H groups in total. The number of rotatable bonds is 11. The molecule has 0 bridgehead atoms. The monoisotopic (exact) mass is 598 g/mol. The molecule has 0 spiro atoms. The summed E-state index contributed by atoms with van der Waals surface area (Å²) < 4.78 is 7.50. The Labute approximate surface area is 253 Å². The summed E-state index contributed by atoms with van der Waals surface area (Å²) in [6.45, 7) is 5.21. The molecule has 43 heavy (non-hydrogen) atoms. The van der Waals surface area contributed by atoms with E-state index in [0.717, 1.165) is 54.0 Å². The molecule has 1 aliphatic heterocycles. The highest BCUT2D eigenvalue weighted by Crippen LogP contribution is 2.30. The SMILES string of the molecule is Cc1cc(N2CCN(SOOc3ccccc3)CC2)cc2[nH]c(-c3c(N[C@H](CO)Cc4ccccc4)cc[nH]c3=O)nc12. The van der Waals surface area contributed by atoms with E-state index >= 15 is 0 Å². The number of hydrogen-bond donors (Lipinski definition) is 4. The Kier molecular flexibility index (Phi) is 8.94. The Hall–Kier alpha value is -4.29. The van der Waals surface area contributed by atoms with Crippen LogP contribution in [0.5, 0.6) is 5.75 Å². The molecular weight excluding hydrogens is 564 g/mol. The van der Waals surface area contributed by atoms with Gasteiger partial charge in [-0.1, -0.05) is 52.9 Å². The first-order chi connectivity index (χ1) is 21.1. The van der Waals surface area contributed by atoms with E-state index in [1.165, 1.54) is 12.2 Å². The summed E-state index contributed by atoms with van der Waals surface area (Å²) in [5, 5.41) is 13.5. The molecule has 11 heteroatoms. The number of imidazole rings is 1. The van der Waals surface area contributed by atoms with E-state index in [1.54, 1.807) is 6.20 Å². The molecular formula is C32H34N6O4S. The van der Waals surface area contributed by atoms with Crippen LogP contribution in [-0.2, 0) is 10.8 Å². The largest absolute Gasteiger partial charge is 0.394 e. The van der Waals surface area contributed by atoms with Crippen LogP contribution in [0.1, 0.15) is 11.1 Å². The summed E-state index contributed by atoms with van der Waals surface area (Å²) >= 11 is 1.22. The molecule has 0 saturated carbocycles. The van der Waals surface area contributed by atoms with Crippen molar-refractivity contribution in [1.29, 1.82) is 0 Å². The smallest absolute Gasteiger partial charge is 0.261 e. The van der Waals surface area contributed by atoms with E-state index in [4.69, 9.17) is 14.2 Å². The molecule has 3 aromatic carbocycles. The number of piperazine rings is 1. The van der Waals surface area contributed by atoms with Crippen molar-refractivity contribution in [3.05, 3.63) is 107 Å². The molecule has 0 aliphatic carbocycles. The first-order valence-electron chi connectivity index (χ1n) is 14.3. The summed E-state index contributed by atoms with van der Waals surface area (Å²) in [7, 11) is 0. The number of aliphatic hydroxyl groups excluding tert-OH is 1. The van der Waals surface area contributed by atoms with E-state index < -0.39 is 0 Å². The lowest BCUT2D eigenvalue weighted by molar-refractivity contribution is -0.0824. The van der Waals surface area contributed by atoms with Crippen LogP contribution in [0.4, 0.5) is 11.4 Å². The van der Waals surface area contributed by atoms with Crippen molar-refractivity contribution >= 4 is 34.6 Å². The highest BCUT2D eigenvalue weighted by molar-refractivity contribution is 7.92. The minimum absolute atomic E-state index is 0.0817. The summed E-state index contributed by atoms with van der Waals surface area (Å²) in [5.74, 6) is 1.14. The average molecular weight is 599 g/mol. The predicted molar refractivity (Wildman–Crippen MR) is 171 cm³/mol. The van der Waals surface area contributed by atoms with Gasteiger partial charge in [0.15, 0.2) is 5.75 Å². The van der Waals surface area contributed by atoms with Gasteiger partial charge in [0, 0.05) is 38.1 Å². The van der Waals surface area contributed by atoms with E-state index in [1.807, 2.05) is 73.7 Å². The van der Waals surface area contributed by atoms with Gasteiger partial charge in [-0.05, 0) is 54.8 Å². The highest BCUT2D eigenvalue weighted by Gasteiger charge is 2.22. The topological polar surface area (TPSA) is 119 Å². The summed E-state index contributed by atoms with van der Waals surface area (Å²) in [6.07, 6.45) is 2.22. The van der Waals surface area contributed by atoms with Crippen molar-refractivity contribution < 1.29 is 14.3 Å². The number of aromatic amines is 2. The van der Waals surface area contributed by atoms with Crippen molar-refractivity contribution in [3.8, 4) is 17.1 Å². The fourth-order valence-corrected chi connectivity index (χ4v) is 5.79. The van der Waals surface area contributed by atoms with E-state index in [2.05, 4.69) is 36.6 Å². The van der Waals surface area contributed by atoms with Crippen molar-refractivity contribution in [1.82, 2.24) is 19.3 Å². The van der Waals surface area contributed by atoms with Gasteiger partial charge in [0.2, 0.25) is 0 Å². The normalized spacial score (nSPS) is 14.6. The number of hydrogen-bond acceptors (Lipinski definition) is 9. The molecule has 1 fully saturated rings. The second-order valence-electron chi connectivity index (χ2n) is 10.5. The lowest BCUT2D eigenvalue weighted by atomic mass is 10.1. The number of benzene rings is 3. The number of aromatic nitrogens is 3. The molecule has 1 atom stereocenters. The van der Waals surface area contributed by atoms with Crippen molar-refractivity contribution in [2.75, 3.05) is 43.0 Å². The fraction of sp³-hybridized carbons (Fsp3) is 0.250. The average Bonchev–Trinajstić information content (AvgIpc) is 3.46. The Bertz CT molecular complexity index is 1700. The fourth-order valence-electron chi connectivity index (χ4n) is 5.28. The first-order valence-corrected chi connectivity index (χ1v) is 15.0. The third-order valence-electron chi connectivity index (χ3n) is 7.48. The highest BCUT2D eigenvalue weighted by atomic mass is 32.2. The maximum atomic E-state index is 13.1. The van der Waals surface area contributed by atoms with E-state index in [0.29, 0.717) is 29.2 Å². The number of aliphatic hydroxyl groups is 1. The minimum Gasteiger partial charge on any atom is -0.394 e. The number of aryl methyl sites for hydroxylation is 1. The second kappa shape index (κ2) is 13.3. The second-order valence-corrected chi connectivity index (χ2v) is 11.3. The number of anilines is 2. The van der Waals surface area contributed by atoms with Crippen LogP contribution in [0.25, 0.3) is 22.4 Å². The van der Waals surface area contributed by atoms with Crippen LogP contribution < -0.4 is 20.7 Å². The summed E-state index contributed by atoms with van der Waals surface area (Å²) in [4.78, 5) is 31.8. The zero-order valence-electron chi connectivity index (χ0n) is 23.8. The maximum absolute atomic E-state index is 13.1. The third kappa shape index (κ3) is 6.86. The number of fused-ring (bicyclic) bond motifs is 1. The van der Waals surface area contributed by atoms with Gasteiger partial charge in [0.25, 0.3) is 5.56 Å². The predicted octanol–water partition coefficient (Wildman–Crippen LogP) is 4.94. The molecule has 1 saturated heterocycles. The van der Waals surface area contributed by atoms with Gasteiger partial charge in [-0.2, -0.15) is 0 Å². The standard InChI is InChI=1S/C32H34N6O4S/c1-22-18-25(37-14-16-38(17-15-37)43-42-41-26-10-6-3-7-11-26)20-28-30(22)36-31(35-28)29-27(12-13-33-32(29)40)34-24(21-39)19-23-8-4-2-5-9-23/h2-13,18,20,24,39H,14-17,19,21H2,1H3,(H,35,36)(H2,33,34,40)/t24-/m0/s1. The van der Waals surface area contributed by atoms with Gasteiger partial charge >= 0.3 is 0 Å². The summed E-state index contributed by atoms with van der Waals surface area (Å²) in [5.41, 5.74) is 5.65.